The normalized spacial score (nSPS) is 11.4. The highest BCUT2D eigenvalue weighted by atomic mass is 79.9. The van der Waals surface area contributed by atoms with Gasteiger partial charge in [-0.3, -0.25) is 4.79 Å². The summed E-state index contributed by atoms with van der Waals surface area (Å²) in [6, 6.07) is 7.75. The van der Waals surface area contributed by atoms with E-state index in [-0.39, 0.29) is 11.3 Å². The summed E-state index contributed by atoms with van der Waals surface area (Å²) < 4.78 is 0.979. The molecule has 3 nitrogen and oxygen atoms in total. The fraction of sp³-hybridized carbons (Fsp3) is 0.333. The Bertz CT molecular complexity index is 616. The molecule has 1 amide bonds. The Morgan fingerprint density at radius 2 is 2.15 bits per heavy atom. The van der Waals surface area contributed by atoms with Gasteiger partial charge in [-0.15, -0.1) is 11.3 Å². The van der Waals surface area contributed by atoms with Crippen LogP contribution in [0.15, 0.2) is 34.1 Å². The van der Waals surface area contributed by atoms with Gasteiger partial charge in [-0.1, -0.05) is 48.8 Å². The van der Waals surface area contributed by atoms with Gasteiger partial charge in [0, 0.05) is 15.3 Å². The van der Waals surface area contributed by atoms with Gasteiger partial charge in [0.15, 0.2) is 5.13 Å². The van der Waals surface area contributed by atoms with Crippen molar-refractivity contribution in [1.82, 2.24) is 4.98 Å². The number of rotatable bonds is 3. The first kappa shape index (κ1) is 15.2. The molecule has 5 heteroatoms. The molecular weight excluding hydrogens is 336 g/mol. The zero-order valence-electron chi connectivity index (χ0n) is 11.7. The van der Waals surface area contributed by atoms with Crippen LogP contribution < -0.4 is 5.32 Å². The van der Waals surface area contributed by atoms with Crippen molar-refractivity contribution < 1.29 is 4.79 Å². The highest BCUT2D eigenvalue weighted by Gasteiger charge is 2.18. The standard InChI is InChI=1S/C15H17BrN2OS/c1-15(2,3)12-9-20-14(17-12)18-13(19)8-10-5-4-6-11(16)7-10/h4-7,9H,8H2,1-3H3,(H,17,18,19). The topological polar surface area (TPSA) is 42.0 Å². The summed E-state index contributed by atoms with van der Waals surface area (Å²) in [6.45, 7) is 6.32. The van der Waals surface area contributed by atoms with Gasteiger partial charge < -0.3 is 5.32 Å². The number of nitrogens with zero attached hydrogens (tertiary/aromatic N) is 1. The van der Waals surface area contributed by atoms with Crippen LogP contribution in [0.25, 0.3) is 0 Å². The van der Waals surface area contributed by atoms with Crippen molar-refractivity contribution in [2.24, 2.45) is 0 Å². The highest BCUT2D eigenvalue weighted by Crippen LogP contribution is 2.26. The molecule has 0 aliphatic carbocycles. The Morgan fingerprint density at radius 3 is 2.75 bits per heavy atom. The number of halogens is 1. The van der Waals surface area contributed by atoms with Crippen molar-refractivity contribution in [2.75, 3.05) is 5.32 Å². The summed E-state index contributed by atoms with van der Waals surface area (Å²) in [7, 11) is 0. The Hall–Kier alpha value is -1.20. The average molecular weight is 353 g/mol. The Balaban J connectivity index is 2.00. The number of hydrogen-bond acceptors (Lipinski definition) is 3. The third kappa shape index (κ3) is 4.15. The second-order valence-corrected chi connectivity index (χ2v) is 7.42. The van der Waals surface area contributed by atoms with Gasteiger partial charge in [0.05, 0.1) is 12.1 Å². The lowest BCUT2D eigenvalue weighted by molar-refractivity contribution is -0.115. The van der Waals surface area contributed by atoms with E-state index in [1.165, 1.54) is 11.3 Å². The van der Waals surface area contributed by atoms with E-state index in [1.807, 2.05) is 29.6 Å². The summed E-state index contributed by atoms with van der Waals surface area (Å²) >= 11 is 4.87. The first-order chi connectivity index (χ1) is 9.34. The molecule has 0 unspecified atom stereocenters. The number of benzene rings is 1. The molecule has 0 aliphatic heterocycles. The number of carbonyl (C=O) groups excluding carboxylic acids is 1. The monoisotopic (exact) mass is 352 g/mol. The maximum atomic E-state index is 12.0. The molecule has 0 fully saturated rings. The second-order valence-electron chi connectivity index (χ2n) is 5.64. The number of anilines is 1. The average Bonchev–Trinajstić information content (AvgIpc) is 2.76. The van der Waals surface area contributed by atoms with Gasteiger partial charge >= 0.3 is 0 Å². The van der Waals surface area contributed by atoms with Crippen LogP contribution in [0, 0.1) is 0 Å². The predicted octanol–water partition coefficient (Wildman–Crippen LogP) is 4.38. The molecule has 0 spiro atoms. The molecule has 2 aromatic rings. The lowest BCUT2D eigenvalue weighted by Gasteiger charge is -2.14. The molecule has 0 saturated carbocycles. The number of thiazole rings is 1. The molecule has 1 N–H and O–H groups in total. The van der Waals surface area contributed by atoms with Gasteiger partial charge in [-0.25, -0.2) is 4.98 Å². The van der Waals surface area contributed by atoms with Crippen LogP contribution in [0.3, 0.4) is 0 Å². The zero-order chi connectivity index (χ0) is 14.8. The Labute approximate surface area is 131 Å². The quantitative estimate of drug-likeness (QED) is 0.890. The highest BCUT2D eigenvalue weighted by molar-refractivity contribution is 9.10. The van der Waals surface area contributed by atoms with Crippen LogP contribution in [0.5, 0.6) is 0 Å². The van der Waals surface area contributed by atoms with Crippen molar-refractivity contribution in [1.29, 1.82) is 0 Å². The maximum Gasteiger partial charge on any atom is 0.230 e. The van der Waals surface area contributed by atoms with Crippen molar-refractivity contribution in [3.8, 4) is 0 Å². The first-order valence-corrected chi connectivity index (χ1v) is 8.02. The third-order valence-corrected chi connectivity index (χ3v) is 4.02. The third-order valence-electron chi connectivity index (χ3n) is 2.77. The van der Waals surface area contributed by atoms with E-state index in [0.29, 0.717) is 11.6 Å². The van der Waals surface area contributed by atoms with E-state index >= 15 is 0 Å². The smallest absolute Gasteiger partial charge is 0.230 e. The number of carbonyl (C=O) groups is 1. The molecule has 0 bridgehead atoms. The summed E-state index contributed by atoms with van der Waals surface area (Å²) in [6.07, 6.45) is 0.351. The molecule has 20 heavy (non-hydrogen) atoms. The van der Waals surface area contributed by atoms with Gasteiger partial charge in [0.2, 0.25) is 5.91 Å². The number of hydrogen-bond donors (Lipinski definition) is 1. The van der Waals surface area contributed by atoms with Gasteiger partial charge in [0.25, 0.3) is 0 Å². The molecule has 1 aromatic carbocycles. The van der Waals surface area contributed by atoms with Crippen molar-refractivity contribution in [3.63, 3.8) is 0 Å². The summed E-state index contributed by atoms with van der Waals surface area (Å²) in [5.74, 6) is -0.0436. The minimum absolute atomic E-state index is 0.00374. The van der Waals surface area contributed by atoms with Crippen molar-refractivity contribution >= 4 is 38.3 Å². The molecule has 0 aliphatic rings. The predicted molar refractivity (Wildman–Crippen MR) is 87.3 cm³/mol. The number of nitrogens with one attached hydrogen (secondary N) is 1. The van der Waals surface area contributed by atoms with Crippen LogP contribution in [-0.2, 0) is 16.6 Å². The van der Waals surface area contributed by atoms with Gasteiger partial charge in [0.1, 0.15) is 0 Å². The van der Waals surface area contributed by atoms with Crippen molar-refractivity contribution in [3.05, 3.63) is 45.4 Å². The summed E-state index contributed by atoms with van der Waals surface area (Å²) in [4.78, 5) is 16.5. The minimum Gasteiger partial charge on any atom is -0.302 e. The fourth-order valence-electron chi connectivity index (χ4n) is 1.67. The largest absolute Gasteiger partial charge is 0.302 e. The molecule has 0 atom stereocenters. The lowest BCUT2D eigenvalue weighted by Crippen LogP contribution is -2.15. The van der Waals surface area contributed by atoms with E-state index in [0.717, 1.165) is 15.7 Å². The van der Waals surface area contributed by atoms with Crippen LogP contribution >= 0.6 is 27.3 Å². The molecule has 0 radical (unpaired) electrons. The van der Waals surface area contributed by atoms with E-state index in [1.54, 1.807) is 0 Å². The Kier molecular flexibility index (Phi) is 4.60. The zero-order valence-corrected chi connectivity index (χ0v) is 14.1. The molecule has 1 aromatic heterocycles. The van der Waals surface area contributed by atoms with E-state index in [9.17, 15) is 4.79 Å². The first-order valence-electron chi connectivity index (χ1n) is 6.35. The van der Waals surface area contributed by atoms with Crippen molar-refractivity contribution in [2.45, 2.75) is 32.6 Å². The Morgan fingerprint density at radius 1 is 1.40 bits per heavy atom. The summed E-state index contributed by atoms with van der Waals surface area (Å²) in [5.41, 5.74) is 1.98. The number of aromatic nitrogens is 1. The van der Waals surface area contributed by atoms with Gasteiger partial charge in [-0.05, 0) is 17.7 Å². The molecule has 0 saturated heterocycles. The minimum atomic E-state index is -0.0436. The molecule has 106 valence electrons. The molecular formula is C15H17BrN2OS. The summed E-state index contributed by atoms with van der Waals surface area (Å²) in [5, 5.41) is 5.51. The van der Waals surface area contributed by atoms with Gasteiger partial charge in [-0.2, -0.15) is 0 Å². The van der Waals surface area contributed by atoms with Crippen LogP contribution in [-0.4, -0.2) is 10.9 Å². The van der Waals surface area contributed by atoms with Crippen LogP contribution in [0.4, 0.5) is 5.13 Å². The lowest BCUT2D eigenvalue weighted by atomic mass is 9.93. The van der Waals surface area contributed by atoms with E-state index < -0.39 is 0 Å². The van der Waals surface area contributed by atoms with Crippen LogP contribution in [0.2, 0.25) is 0 Å². The van der Waals surface area contributed by atoms with Crippen LogP contribution in [0.1, 0.15) is 32.0 Å². The second kappa shape index (κ2) is 6.06. The number of amides is 1. The molecule has 1 heterocycles. The SMILES string of the molecule is CC(C)(C)c1csc(NC(=O)Cc2cccc(Br)c2)n1. The van der Waals surface area contributed by atoms with E-state index in [4.69, 9.17) is 0 Å². The molecule has 2 rings (SSSR count). The maximum absolute atomic E-state index is 12.0. The fourth-order valence-corrected chi connectivity index (χ4v) is 3.07. The van der Waals surface area contributed by atoms with E-state index in [2.05, 4.69) is 47.0 Å².